The van der Waals surface area contributed by atoms with Gasteiger partial charge in [-0.3, -0.25) is 4.79 Å². The van der Waals surface area contributed by atoms with E-state index in [0.29, 0.717) is 4.91 Å². The first-order valence-electron chi connectivity index (χ1n) is 9.35. The maximum atomic E-state index is 12.3. The molecule has 0 aliphatic carbocycles. The number of piperazine rings is 1. The molecule has 1 amide bonds. The van der Waals surface area contributed by atoms with Crippen molar-refractivity contribution in [3.63, 3.8) is 0 Å². The van der Waals surface area contributed by atoms with Gasteiger partial charge in [-0.1, -0.05) is 29.8 Å². The summed E-state index contributed by atoms with van der Waals surface area (Å²) in [5, 5.41) is 0.817. The zero-order chi connectivity index (χ0) is 19.5. The summed E-state index contributed by atoms with van der Waals surface area (Å²) >= 11 is 1.48. The Bertz CT molecular complexity index is 912. The van der Waals surface area contributed by atoms with E-state index in [0.717, 1.165) is 42.7 Å². The molecule has 0 spiro atoms. The number of nitrogens with zero attached hydrogens (tertiary/aromatic N) is 3. The fraction of sp³-hybridized carbons (Fsp3) is 0.273. The quantitative estimate of drug-likeness (QED) is 0.743. The van der Waals surface area contributed by atoms with Gasteiger partial charge in [0.15, 0.2) is 5.17 Å². The zero-order valence-corrected chi connectivity index (χ0v) is 16.9. The molecule has 4 rings (SSSR count). The van der Waals surface area contributed by atoms with E-state index in [4.69, 9.17) is 4.74 Å². The first-order chi connectivity index (χ1) is 13.6. The largest absolute Gasteiger partial charge is 0.497 e. The van der Waals surface area contributed by atoms with Crippen LogP contribution in [0.25, 0.3) is 6.08 Å². The molecule has 2 aliphatic rings. The number of methoxy groups -OCH3 is 1. The molecule has 2 aromatic carbocycles. The first-order valence-corrected chi connectivity index (χ1v) is 10.2. The van der Waals surface area contributed by atoms with Crippen molar-refractivity contribution in [1.82, 2.24) is 4.90 Å². The van der Waals surface area contributed by atoms with Crippen molar-refractivity contribution < 1.29 is 9.53 Å². The number of benzene rings is 2. The highest BCUT2D eigenvalue weighted by atomic mass is 32.2. The molecular formula is C22H23N3O2S. The lowest BCUT2D eigenvalue weighted by Crippen LogP contribution is -2.47. The summed E-state index contributed by atoms with van der Waals surface area (Å²) in [7, 11) is 1.68. The Morgan fingerprint density at radius 1 is 0.964 bits per heavy atom. The molecule has 6 heteroatoms. The highest BCUT2D eigenvalue weighted by Crippen LogP contribution is 2.31. The number of ether oxygens (including phenoxy) is 1. The van der Waals surface area contributed by atoms with Crippen LogP contribution in [0, 0.1) is 6.92 Å². The van der Waals surface area contributed by atoms with Crippen molar-refractivity contribution in [2.75, 3.05) is 38.2 Å². The molecule has 0 saturated carbocycles. The fourth-order valence-electron chi connectivity index (χ4n) is 3.30. The topological polar surface area (TPSA) is 45.1 Å². The first kappa shape index (κ1) is 18.6. The van der Waals surface area contributed by atoms with Gasteiger partial charge in [-0.15, -0.1) is 0 Å². The molecule has 1 fully saturated rings. The van der Waals surface area contributed by atoms with Crippen molar-refractivity contribution in [2.24, 2.45) is 4.99 Å². The lowest BCUT2D eigenvalue weighted by molar-refractivity contribution is -0.113. The minimum atomic E-state index is -0.141. The van der Waals surface area contributed by atoms with Gasteiger partial charge in [0, 0.05) is 31.9 Å². The van der Waals surface area contributed by atoms with Crippen molar-refractivity contribution in [2.45, 2.75) is 6.92 Å². The zero-order valence-electron chi connectivity index (χ0n) is 16.1. The molecule has 5 nitrogen and oxygen atoms in total. The lowest BCUT2D eigenvalue weighted by atomic mass is 10.1. The third-order valence-electron chi connectivity index (χ3n) is 4.97. The second kappa shape index (κ2) is 8.10. The molecule has 0 unspecified atom stereocenters. The number of aryl methyl sites for hydroxylation is 1. The van der Waals surface area contributed by atoms with Gasteiger partial charge >= 0.3 is 0 Å². The Hall–Kier alpha value is -2.73. The van der Waals surface area contributed by atoms with E-state index in [2.05, 4.69) is 46.0 Å². The second-order valence-electron chi connectivity index (χ2n) is 6.89. The number of aliphatic imine (C=N–C) groups is 1. The third-order valence-corrected chi connectivity index (χ3v) is 6.02. The van der Waals surface area contributed by atoms with Gasteiger partial charge in [-0.2, -0.15) is 4.99 Å². The second-order valence-corrected chi connectivity index (χ2v) is 7.90. The third kappa shape index (κ3) is 4.07. The van der Waals surface area contributed by atoms with Gasteiger partial charge in [0.25, 0.3) is 5.91 Å². The van der Waals surface area contributed by atoms with E-state index in [1.165, 1.54) is 23.0 Å². The van der Waals surface area contributed by atoms with Crippen LogP contribution >= 0.6 is 11.8 Å². The van der Waals surface area contributed by atoms with Crippen LogP contribution in [0.2, 0.25) is 0 Å². The summed E-state index contributed by atoms with van der Waals surface area (Å²) in [5.41, 5.74) is 3.43. The van der Waals surface area contributed by atoms with E-state index in [1.54, 1.807) is 7.11 Å². The van der Waals surface area contributed by atoms with Gasteiger partial charge in [0.05, 0.1) is 12.0 Å². The summed E-state index contributed by atoms with van der Waals surface area (Å²) in [6, 6.07) is 16.3. The standard InChI is InChI=1S/C22H23N3O2S/c1-16-3-5-17(6-4-16)15-20-21(26)23-22(28-20)25-13-11-24(12-14-25)18-7-9-19(27-2)10-8-18/h3-10,15H,11-14H2,1-2H3/b20-15+. The maximum Gasteiger partial charge on any atom is 0.286 e. The maximum absolute atomic E-state index is 12.3. The van der Waals surface area contributed by atoms with Crippen LogP contribution in [0.4, 0.5) is 5.69 Å². The molecule has 0 atom stereocenters. The molecular weight excluding hydrogens is 370 g/mol. The number of hydrogen-bond acceptors (Lipinski definition) is 5. The molecule has 0 bridgehead atoms. The molecule has 0 radical (unpaired) electrons. The van der Waals surface area contributed by atoms with Crippen LogP contribution < -0.4 is 9.64 Å². The molecule has 2 aliphatic heterocycles. The van der Waals surface area contributed by atoms with E-state index < -0.39 is 0 Å². The lowest BCUT2D eigenvalue weighted by Gasteiger charge is -2.36. The van der Waals surface area contributed by atoms with Crippen molar-refractivity contribution in [3.05, 3.63) is 64.6 Å². The van der Waals surface area contributed by atoms with Crippen LogP contribution in [-0.4, -0.2) is 49.3 Å². The number of anilines is 1. The highest BCUT2D eigenvalue weighted by Gasteiger charge is 2.28. The van der Waals surface area contributed by atoms with E-state index in [9.17, 15) is 4.79 Å². The van der Waals surface area contributed by atoms with Gasteiger partial charge in [0.1, 0.15) is 5.75 Å². The predicted octanol–water partition coefficient (Wildman–Crippen LogP) is 3.80. The minimum Gasteiger partial charge on any atom is -0.497 e. The Labute approximate surface area is 169 Å². The smallest absolute Gasteiger partial charge is 0.286 e. The van der Waals surface area contributed by atoms with Crippen LogP contribution in [0.5, 0.6) is 5.75 Å². The summed E-state index contributed by atoms with van der Waals surface area (Å²) in [6.07, 6.45) is 1.93. The van der Waals surface area contributed by atoms with E-state index in [1.807, 2.05) is 30.3 Å². The monoisotopic (exact) mass is 393 g/mol. The molecule has 144 valence electrons. The number of carbonyl (C=O) groups is 1. The van der Waals surface area contributed by atoms with Crippen molar-refractivity contribution >= 4 is 34.6 Å². The van der Waals surface area contributed by atoms with Crippen molar-refractivity contribution in [3.8, 4) is 5.75 Å². The molecule has 28 heavy (non-hydrogen) atoms. The number of carbonyl (C=O) groups excluding carboxylic acids is 1. The number of amides is 1. The number of hydrogen-bond donors (Lipinski definition) is 0. The minimum absolute atomic E-state index is 0.141. The van der Waals surface area contributed by atoms with Gasteiger partial charge in [0.2, 0.25) is 0 Å². The van der Waals surface area contributed by atoms with Crippen LogP contribution in [-0.2, 0) is 4.79 Å². The predicted molar refractivity (Wildman–Crippen MR) is 116 cm³/mol. The molecule has 2 heterocycles. The molecule has 2 aromatic rings. The summed E-state index contributed by atoms with van der Waals surface area (Å²) < 4.78 is 5.23. The summed E-state index contributed by atoms with van der Waals surface area (Å²) in [4.78, 5) is 21.9. The van der Waals surface area contributed by atoms with Crippen molar-refractivity contribution in [1.29, 1.82) is 0 Å². The van der Waals surface area contributed by atoms with Crippen LogP contribution in [0.15, 0.2) is 58.4 Å². The van der Waals surface area contributed by atoms with E-state index >= 15 is 0 Å². The Morgan fingerprint density at radius 2 is 1.61 bits per heavy atom. The Kier molecular flexibility index (Phi) is 5.39. The van der Waals surface area contributed by atoms with E-state index in [-0.39, 0.29) is 5.91 Å². The normalized spacial score (nSPS) is 18.6. The number of amidine groups is 1. The number of thioether (sulfide) groups is 1. The van der Waals surface area contributed by atoms with Crippen LogP contribution in [0.1, 0.15) is 11.1 Å². The summed E-state index contributed by atoms with van der Waals surface area (Å²) in [6.45, 7) is 5.55. The average molecular weight is 394 g/mol. The summed E-state index contributed by atoms with van der Waals surface area (Å²) in [5.74, 6) is 0.726. The SMILES string of the molecule is COc1ccc(N2CCN(C3=NC(=O)/C(=C\c4ccc(C)cc4)S3)CC2)cc1. The molecule has 0 N–H and O–H groups in total. The highest BCUT2D eigenvalue weighted by molar-refractivity contribution is 8.18. The number of rotatable bonds is 3. The molecule has 1 saturated heterocycles. The van der Waals surface area contributed by atoms with Gasteiger partial charge in [-0.05, 0) is 54.6 Å². The Morgan fingerprint density at radius 3 is 2.25 bits per heavy atom. The van der Waals surface area contributed by atoms with Gasteiger partial charge in [-0.25, -0.2) is 0 Å². The molecule has 0 aromatic heterocycles. The Balaban J connectivity index is 1.37. The average Bonchev–Trinajstić information content (AvgIpc) is 3.10. The van der Waals surface area contributed by atoms with Gasteiger partial charge < -0.3 is 14.5 Å². The van der Waals surface area contributed by atoms with Crippen LogP contribution in [0.3, 0.4) is 0 Å². The fourth-order valence-corrected chi connectivity index (χ4v) is 4.26.